The van der Waals surface area contributed by atoms with Gasteiger partial charge >= 0.3 is 0 Å². The molecule has 4 rings (SSSR count). The van der Waals surface area contributed by atoms with Crippen LogP contribution in [0.15, 0.2) is 72.8 Å². The Balaban J connectivity index is 1.86. The van der Waals surface area contributed by atoms with Crippen LogP contribution in [0.2, 0.25) is 10.0 Å². The molecule has 144 valence electrons. The SMILES string of the molecule is CCc1ccc2nc(-c3ccc(Cl)cc3)cc(C(=O)Nc3ccccc3Cl)c2c1. The summed E-state index contributed by atoms with van der Waals surface area (Å²) in [4.78, 5) is 18.0. The number of carbonyl (C=O) groups excluding carboxylic acids is 1. The van der Waals surface area contributed by atoms with Crippen molar-refractivity contribution in [1.29, 1.82) is 0 Å². The Labute approximate surface area is 179 Å². The lowest BCUT2D eigenvalue weighted by Crippen LogP contribution is -2.13. The fraction of sp³-hybridized carbons (Fsp3) is 0.0833. The van der Waals surface area contributed by atoms with Crippen LogP contribution in [-0.2, 0) is 6.42 Å². The predicted molar refractivity (Wildman–Crippen MR) is 121 cm³/mol. The second kappa shape index (κ2) is 8.24. The van der Waals surface area contributed by atoms with Crippen LogP contribution >= 0.6 is 23.2 Å². The van der Waals surface area contributed by atoms with Gasteiger partial charge in [0, 0.05) is 16.0 Å². The Kier molecular flexibility index (Phi) is 5.52. The number of aryl methyl sites for hydroxylation is 1. The lowest BCUT2D eigenvalue weighted by molar-refractivity contribution is 0.102. The van der Waals surface area contributed by atoms with E-state index in [0.717, 1.165) is 28.5 Å². The first-order valence-electron chi connectivity index (χ1n) is 9.30. The summed E-state index contributed by atoms with van der Waals surface area (Å²) in [7, 11) is 0. The molecule has 1 amide bonds. The molecule has 0 spiro atoms. The molecule has 0 atom stereocenters. The number of pyridine rings is 1. The van der Waals surface area contributed by atoms with Gasteiger partial charge in [0.2, 0.25) is 0 Å². The molecule has 1 N–H and O–H groups in total. The number of aromatic nitrogens is 1. The second-order valence-corrected chi connectivity index (χ2v) is 7.54. The van der Waals surface area contributed by atoms with Crippen molar-refractivity contribution >= 4 is 45.7 Å². The number of hydrogen-bond donors (Lipinski definition) is 1. The lowest BCUT2D eigenvalue weighted by atomic mass is 10.0. The third kappa shape index (κ3) is 4.12. The van der Waals surface area contributed by atoms with Crippen LogP contribution in [0.25, 0.3) is 22.2 Å². The van der Waals surface area contributed by atoms with Crippen LogP contribution in [-0.4, -0.2) is 10.9 Å². The van der Waals surface area contributed by atoms with Crippen molar-refractivity contribution < 1.29 is 4.79 Å². The highest BCUT2D eigenvalue weighted by molar-refractivity contribution is 6.34. The van der Waals surface area contributed by atoms with E-state index in [1.165, 1.54) is 0 Å². The first-order chi connectivity index (χ1) is 14.0. The van der Waals surface area contributed by atoms with E-state index in [2.05, 4.69) is 12.2 Å². The van der Waals surface area contributed by atoms with E-state index in [-0.39, 0.29) is 5.91 Å². The molecule has 0 aliphatic rings. The van der Waals surface area contributed by atoms with Crippen LogP contribution in [0.3, 0.4) is 0 Å². The molecular formula is C24H18Cl2N2O. The first-order valence-corrected chi connectivity index (χ1v) is 10.1. The number of hydrogen-bond acceptors (Lipinski definition) is 2. The van der Waals surface area contributed by atoms with Gasteiger partial charge in [-0.15, -0.1) is 0 Å². The van der Waals surface area contributed by atoms with E-state index < -0.39 is 0 Å². The van der Waals surface area contributed by atoms with Gasteiger partial charge in [0.15, 0.2) is 0 Å². The molecule has 0 saturated heterocycles. The van der Waals surface area contributed by atoms with E-state index in [4.69, 9.17) is 28.2 Å². The van der Waals surface area contributed by atoms with Crippen LogP contribution < -0.4 is 5.32 Å². The summed E-state index contributed by atoms with van der Waals surface area (Å²) in [6, 6.07) is 22.4. The minimum absolute atomic E-state index is 0.228. The molecule has 0 fully saturated rings. The Bertz CT molecular complexity index is 1200. The second-order valence-electron chi connectivity index (χ2n) is 6.70. The zero-order chi connectivity index (χ0) is 20.4. The smallest absolute Gasteiger partial charge is 0.256 e. The number of nitrogens with one attached hydrogen (secondary N) is 1. The summed E-state index contributed by atoms with van der Waals surface area (Å²) < 4.78 is 0. The molecule has 0 radical (unpaired) electrons. The third-order valence-electron chi connectivity index (χ3n) is 4.79. The molecule has 0 unspecified atom stereocenters. The van der Waals surface area contributed by atoms with Gasteiger partial charge in [-0.3, -0.25) is 4.79 Å². The summed E-state index contributed by atoms with van der Waals surface area (Å²) >= 11 is 12.2. The summed E-state index contributed by atoms with van der Waals surface area (Å²) in [6.45, 7) is 2.08. The van der Waals surface area contributed by atoms with Crippen LogP contribution in [0.4, 0.5) is 5.69 Å². The Morgan fingerprint density at radius 3 is 2.45 bits per heavy atom. The Morgan fingerprint density at radius 1 is 0.966 bits per heavy atom. The van der Waals surface area contributed by atoms with Gasteiger partial charge in [0.1, 0.15) is 0 Å². The highest BCUT2D eigenvalue weighted by Crippen LogP contribution is 2.28. The maximum absolute atomic E-state index is 13.2. The quantitative estimate of drug-likeness (QED) is 0.385. The minimum Gasteiger partial charge on any atom is -0.321 e. The minimum atomic E-state index is -0.228. The molecule has 1 aromatic heterocycles. The highest BCUT2D eigenvalue weighted by Gasteiger charge is 2.16. The van der Waals surface area contributed by atoms with Crippen LogP contribution in [0, 0.1) is 0 Å². The lowest BCUT2D eigenvalue weighted by Gasteiger charge is -2.12. The monoisotopic (exact) mass is 420 g/mol. The summed E-state index contributed by atoms with van der Waals surface area (Å²) in [5.41, 5.74) is 4.63. The van der Waals surface area contributed by atoms with Gasteiger partial charge in [-0.05, 0) is 54.4 Å². The summed E-state index contributed by atoms with van der Waals surface area (Å²) in [5, 5.41) is 4.88. The van der Waals surface area contributed by atoms with Crippen LogP contribution in [0.1, 0.15) is 22.8 Å². The van der Waals surface area contributed by atoms with Crippen molar-refractivity contribution in [2.75, 3.05) is 5.32 Å². The van der Waals surface area contributed by atoms with Gasteiger partial charge in [-0.25, -0.2) is 4.98 Å². The largest absolute Gasteiger partial charge is 0.321 e. The normalized spacial score (nSPS) is 10.9. The molecule has 1 heterocycles. The fourth-order valence-corrected chi connectivity index (χ4v) is 3.51. The van der Waals surface area contributed by atoms with Crippen molar-refractivity contribution in [3.8, 4) is 11.3 Å². The summed E-state index contributed by atoms with van der Waals surface area (Å²) in [5.74, 6) is -0.228. The van der Waals surface area contributed by atoms with Gasteiger partial charge in [0.25, 0.3) is 5.91 Å². The fourth-order valence-electron chi connectivity index (χ4n) is 3.20. The molecule has 3 nitrogen and oxygen atoms in total. The van der Waals surface area contributed by atoms with E-state index in [0.29, 0.717) is 27.0 Å². The first kappa shape index (κ1) is 19.4. The molecule has 3 aromatic carbocycles. The van der Waals surface area contributed by atoms with E-state index in [1.807, 2.05) is 60.7 Å². The predicted octanol–water partition coefficient (Wildman–Crippen LogP) is 7.02. The van der Waals surface area contributed by atoms with E-state index in [9.17, 15) is 4.79 Å². The molecule has 4 aromatic rings. The van der Waals surface area contributed by atoms with Crippen molar-refractivity contribution in [3.05, 3.63) is 94.0 Å². The third-order valence-corrected chi connectivity index (χ3v) is 5.37. The molecule has 0 saturated carbocycles. The van der Waals surface area contributed by atoms with Gasteiger partial charge in [-0.1, -0.05) is 60.5 Å². The number of fused-ring (bicyclic) bond motifs is 1. The van der Waals surface area contributed by atoms with Crippen molar-refractivity contribution in [2.24, 2.45) is 0 Å². The van der Waals surface area contributed by atoms with Crippen molar-refractivity contribution in [1.82, 2.24) is 4.98 Å². The average molecular weight is 421 g/mol. The number of halogens is 2. The number of rotatable bonds is 4. The van der Waals surface area contributed by atoms with Gasteiger partial charge in [-0.2, -0.15) is 0 Å². The number of benzene rings is 3. The standard InChI is InChI=1S/C24H18Cl2N2O/c1-2-15-7-12-21-18(13-15)19(24(29)28-22-6-4-3-5-20(22)26)14-23(27-21)16-8-10-17(25)11-9-16/h3-14H,2H2,1H3,(H,28,29). The Hall–Kier alpha value is -2.88. The van der Waals surface area contributed by atoms with E-state index >= 15 is 0 Å². The maximum atomic E-state index is 13.2. The number of carbonyl (C=O) groups is 1. The van der Waals surface area contributed by atoms with Gasteiger partial charge in [0.05, 0.1) is 27.5 Å². The summed E-state index contributed by atoms with van der Waals surface area (Å²) in [6.07, 6.45) is 0.875. The van der Waals surface area contributed by atoms with Gasteiger partial charge < -0.3 is 5.32 Å². The Morgan fingerprint density at radius 2 is 1.72 bits per heavy atom. The van der Waals surface area contributed by atoms with Crippen molar-refractivity contribution in [2.45, 2.75) is 13.3 Å². The number of amides is 1. The number of para-hydroxylation sites is 1. The topological polar surface area (TPSA) is 42.0 Å². The molecule has 0 aliphatic carbocycles. The molecule has 5 heteroatoms. The maximum Gasteiger partial charge on any atom is 0.256 e. The van der Waals surface area contributed by atoms with Crippen LogP contribution in [0.5, 0.6) is 0 Å². The highest BCUT2D eigenvalue weighted by atomic mass is 35.5. The molecule has 0 bridgehead atoms. The molecule has 29 heavy (non-hydrogen) atoms. The number of anilines is 1. The molecular weight excluding hydrogens is 403 g/mol. The number of nitrogens with zero attached hydrogens (tertiary/aromatic N) is 1. The zero-order valence-corrected chi connectivity index (χ0v) is 17.3. The zero-order valence-electron chi connectivity index (χ0n) is 15.7. The average Bonchev–Trinajstić information content (AvgIpc) is 2.74. The van der Waals surface area contributed by atoms with E-state index in [1.54, 1.807) is 12.1 Å². The molecule has 0 aliphatic heterocycles. The van der Waals surface area contributed by atoms with Crippen molar-refractivity contribution in [3.63, 3.8) is 0 Å².